The van der Waals surface area contributed by atoms with E-state index < -0.39 is 5.41 Å². The van der Waals surface area contributed by atoms with E-state index in [1.807, 2.05) is 32.9 Å². The summed E-state index contributed by atoms with van der Waals surface area (Å²) in [4.78, 5) is 24.1. The second-order valence-electron chi connectivity index (χ2n) is 6.27. The van der Waals surface area contributed by atoms with Crippen molar-refractivity contribution in [2.45, 2.75) is 45.1 Å². The number of carbonyl (C=O) groups is 2. The number of amides is 1. The number of esters is 1. The lowest BCUT2D eigenvalue weighted by Crippen LogP contribution is -2.39. The van der Waals surface area contributed by atoms with Gasteiger partial charge in [0.05, 0.1) is 5.41 Å². The Labute approximate surface area is 136 Å². The predicted molar refractivity (Wildman–Crippen MR) is 85.8 cm³/mol. The zero-order valence-electron chi connectivity index (χ0n) is 13.2. The van der Waals surface area contributed by atoms with Crippen molar-refractivity contribution in [3.63, 3.8) is 0 Å². The Morgan fingerprint density at radius 1 is 1.23 bits per heavy atom. The highest BCUT2D eigenvalue weighted by Gasteiger charge is 2.52. The van der Waals surface area contributed by atoms with Gasteiger partial charge in [0.2, 0.25) is 0 Å². The molecule has 0 radical (unpaired) electrons. The van der Waals surface area contributed by atoms with Gasteiger partial charge in [0, 0.05) is 11.1 Å². The second-order valence-corrected chi connectivity index (χ2v) is 6.70. The average Bonchev–Trinajstić information content (AvgIpc) is 3.27. The van der Waals surface area contributed by atoms with Gasteiger partial charge in [-0.15, -0.1) is 0 Å². The average molecular weight is 324 g/mol. The number of hydrogen-bond acceptors (Lipinski definition) is 3. The van der Waals surface area contributed by atoms with Crippen LogP contribution < -0.4 is 5.32 Å². The summed E-state index contributed by atoms with van der Waals surface area (Å²) >= 11 is 5.87. The fourth-order valence-electron chi connectivity index (χ4n) is 2.24. The van der Waals surface area contributed by atoms with E-state index in [-0.39, 0.29) is 24.5 Å². The standard InChI is InChI=1S/C17H22ClNO3/c1-11(2)12(3)19-15(20)10-22-16(21)17(8-9-17)13-4-6-14(18)7-5-13/h4-7,11-12H,8-10H2,1-3H3,(H,19,20)/t12-/m0/s1. The van der Waals surface area contributed by atoms with Crippen molar-refractivity contribution in [1.82, 2.24) is 5.32 Å². The van der Waals surface area contributed by atoms with Crippen molar-refractivity contribution >= 4 is 23.5 Å². The molecule has 1 atom stereocenters. The molecule has 2 rings (SSSR count). The third kappa shape index (κ3) is 3.80. The number of carbonyl (C=O) groups excluding carboxylic acids is 2. The highest BCUT2D eigenvalue weighted by Crippen LogP contribution is 2.49. The highest BCUT2D eigenvalue weighted by molar-refractivity contribution is 6.30. The van der Waals surface area contributed by atoms with E-state index in [0.29, 0.717) is 10.9 Å². The molecule has 1 aromatic carbocycles. The van der Waals surface area contributed by atoms with Gasteiger partial charge in [-0.3, -0.25) is 9.59 Å². The van der Waals surface area contributed by atoms with Crippen LogP contribution in [-0.2, 0) is 19.7 Å². The van der Waals surface area contributed by atoms with E-state index in [1.54, 1.807) is 12.1 Å². The monoisotopic (exact) mass is 323 g/mol. The van der Waals surface area contributed by atoms with Crippen LogP contribution in [-0.4, -0.2) is 24.5 Å². The van der Waals surface area contributed by atoms with Crippen LogP contribution >= 0.6 is 11.6 Å². The maximum atomic E-state index is 12.3. The number of halogens is 1. The molecule has 0 heterocycles. The third-order valence-corrected chi connectivity index (χ3v) is 4.51. The van der Waals surface area contributed by atoms with Crippen LogP contribution in [0.25, 0.3) is 0 Å². The molecule has 0 bridgehead atoms. The highest BCUT2D eigenvalue weighted by atomic mass is 35.5. The molecule has 0 spiro atoms. The zero-order valence-corrected chi connectivity index (χ0v) is 13.9. The van der Waals surface area contributed by atoms with Crippen molar-refractivity contribution in [2.24, 2.45) is 5.92 Å². The van der Waals surface area contributed by atoms with Gasteiger partial charge >= 0.3 is 5.97 Å². The molecule has 1 aliphatic carbocycles. The van der Waals surface area contributed by atoms with Crippen molar-refractivity contribution in [1.29, 1.82) is 0 Å². The first kappa shape index (κ1) is 16.8. The molecule has 22 heavy (non-hydrogen) atoms. The van der Waals surface area contributed by atoms with Crippen molar-refractivity contribution < 1.29 is 14.3 Å². The largest absolute Gasteiger partial charge is 0.455 e. The Kier molecular flexibility index (Phi) is 5.12. The lowest BCUT2D eigenvalue weighted by Gasteiger charge is -2.18. The SMILES string of the molecule is CC(C)[C@H](C)NC(=O)COC(=O)C1(c2ccc(Cl)cc2)CC1. The molecule has 1 amide bonds. The molecule has 120 valence electrons. The Bertz CT molecular complexity index is 550. The molecule has 4 nitrogen and oxygen atoms in total. The minimum absolute atomic E-state index is 0.0531. The van der Waals surface area contributed by atoms with E-state index in [9.17, 15) is 9.59 Å². The molecule has 1 aliphatic rings. The van der Waals surface area contributed by atoms with Gasteiger partial charge in [-0.25, -0.2) is 0 Å². The predicted octanol–water partition coefficient (Wildman–Crippen LogP) is 3.08. The molecule has 0 saturated heterocycles. The van der Waals surface area contributed by atoms with Gasteiger partial charge in [0.25, 0.3) is 5.91 Å². The number of rotatable bonds is 6. The maximum absolute atomic E-state index is 12.3. The summed E-state index contributed by atoms with van der Waals surface area (Å²) in [7, 11) is 0. The molecule has 1 N–H and O–H groups in total. The van der Waals surface area contributed by atoms with E-state index >= 15 is 0 Å². The fourth-order valence-corrected chi connectivity index (χ4v) is 2.36. The van der Waals surface area contributed by atoms with Crippen LogP contribution in [0.15, 0.2) is 24.3 Å². The minimum atomic E-state index is -0.589. The van der Waals surface area contributed by atoms with Crippen LogP contribution in [0.2, 0.25) is 5.02 Å². The van der Waals surface area contributed by atoms with E-state index in [1.165, 1.54) is 0 Å². The molecule has 0 aliphatic heterocycles. The summed E-state index contributed by atoms with van der Waals surface area (Å²) < 4.78 is 5.21. The second kappa shape index (κ2) is 6.69. The van der Waals surface area contributed by atoms with Crippen LogP contribution in [0.1, 0.15) is 39.2 Å². The van der Waals surface area contributed by atoms with Gasteiger partial charge in [0.15, 0.2) is 6.61 Å². The molecule has 1 aromatic rings. The quantitative estimate of drug-likeness (QED) is 0.818. The Morgan fingerprint density at radius 3 is 2.32 bits per heavy atom. The van der Waals surface area contributed by atoms with Crippen molar-refractivity contribution in [3.05, 3.63) is 34.9 Å². The van der Waals surface area contributed by atoms with Crippen LogP contribution in [0.5, 0.6) is 0 Å². The summed E-state index contributed by atoms with van der Waals surface area (Å²) in [6.07, 6.45) is 1.50. The number of hydrogen-bond donors (Lipinski definition) is 1. The minimum Gasteiger partial charge on any atom is -0.455 e. The molecular weight excluding hydrogens is 302 g/mol. The van der Waals surface area contributed by atoms with Crippen molar-refractivity contribution in [3.8, 4) is 0 Å². The van der Waals surface area contributed by atoms with Gasteiger partial charge in [0.1, 0.15) is 0 Å². The van der Waals surface area contributed by atoms with E-state index in [0.717, 1.165) is 18.4 Å². The summed E-state index contributed by atoms with van der Waals surface area (Å²) in [5.41, 5.74) is 0.312. The van der Waals surface area contributed by atoms with E-state index in [2.05, 4.69) is 5.32 Å². The molecule has 5 heteroatoms. The number of nitrogens with one attached hydrogen (secondary N) is 1. The van der Waals surface area contributed by atoms with Gasteiger partial charge in [-0.1, -0.05) is 37.6 Å². The normalized spacial score (nSPS) is 17.0. The molecule has 0 unspecified atom stereocenters. The first-order valence-electron chi connectivity index (χ1n) is 7.58. The van der Waals surface area contributed by atoms with E-state index in [4.69, 9.17) is 16.3 Å². The smallest absolute Gasteiger partial charge is 0.317 e. The molecule has 1 saturated carbocycles. The van der Waals surface area contributed by atoms with Crippen molar-refractivity contribution in [2.75, 3.05) is 6.61 Å². The topological polar surface area (TPSA) is 55.4 Å². The third-order valence-electron chi connectivity index (χ3n) is 4.26. The van der Waals surface area contributed by atoms with Crippen LogP contribution in [0.3, 0.4) is 0 Å². The van der Waals surface area contributed by atoms with Crippen LogP contribution in [0.4, 0.5) is 0 Å². The number of ether oxygens (including phenoxy) is 1. The Morgan fingerprint density at radius 2 is 1.82 bits per heavy atom. The first-order chi connectivity index (χ1) is 10.3. The van der Waals surface area contributed by atoms with Crippen LogP contribution in [0, 0.1) is 5.92 Å². The van der Waals surface area contributed by atoms with Gasteiger partial charge < -0.3 is 10.1 Å². The summed E-state index contributed by atoms with van der Waals surface area (Å²) in [6.45, 7) is 5.75. The van der Waals surface area contributed by atoms with Gasteiger partial charge in [-0.05, 0) is 43.4 Å². The summed E-state index contributed by atoms with van der Waals surface area (Å²) in [6, 6.07) is 7.27. The lowest BCUT2D eigenvalue weighted by molar-refractivity contribution is -0.151. The molecule has 0 aromatic heterocycles. The van der Waals surface area contributed by atoms with Gasteiger partial charge in [-0.2, -0.15) is 0 Å². The maximum Gasteiger partial charge on any atom is 0.317 e. The number of benzene rings is 1. The Balaban J connectivity index is 1.90. The summed E-state index contributed by atoms with van der Waals surface area (Å²) in [5.74, 6) is -0.257. The lowest BCUT2D eigenvalue weighted by atomic mass is 9.96. The zero-order chi connectivity index (χ0) is 16.3. The Hall–Kier alpha value is -1.55. The summed E-state index contributed by atoms with van der Waals surface area (Å²) in [5, 5.41) is 3.45. The molecule has 1 fully saturated rings. The fraction of sp³-hybridized carbons (Fsp3) is 0.529. The first-order valence-corrected chi connectivity index (χ1v) is 7.95. The molecular formula is C17H22ClNO3.